The van der Waals surface area contributed by atoms with Crippen LogP contribution in [0.4, 0.5) is 5.82 Å². The zero-order chi connectivity index (χ0) is 13.1. The molecule has 1 heterocycles. The van der Waals surface area contributed by atoms with Gasteiger partial charge in [-0.15, -0.1) is 0 Å². The molecule has 0 radical (unpaired) electrons. The number of amides is 1. The average molecular weight is 235 g/mol. The summed E-state index contributed by atoms with van der Waals surface area (Å²) in [6.45, 7) is 7.98. The van der Waals surface area contributed by atoms with Crippen LogP contribution in [0.15, 0.2) is 18.3 Å². The van der Waals surface area contributed by atoms with Crippen LogP contribution in [-0.4, -0.2) is 16.9 Å². The van der Waals surface area contributed by atoms with Crippen LogP contribution in [0.1, 0.15) is 32.8 Å². The van der Waals surface area contributed by atoms with E-state index < -0.39 is 0 Å². The van der Waals surface area contributed by atoms with Crippen LogP contribution in [0.3, 0.4) is 0 Å². The summed E-state index contributed by atoms with van der Waals surface area (Å²) in [4.78, 5) is 15.9. The van der Waals surface area contributed by atoms with Crippen LogP contribution in [-0.2, 0) is 4.79 Å². The number of hydrogen-bond acceptors (Lipinski definition) is 3. The minimum absolute atomic E-state index is 0.0729. The summed E-state index contributed by atoms with van der Waals surface area (Å²) in [6.07, 6.45) is 1.96. The standard InChI is InChI=1S/C13H21N3O/c1-9-6-5-7-15-12(9)16-11(17)8-10(14)13(2,3)4/h5-7,10H,8,14H2,1-4H3,(H,15,16,17). The van der Waals surface area contributed by atoms with Gasteiger partial charge in [-0.05, 0) is 24.0 Å². The van der Waals surface area contributed by atoms with Crippen LogP contribution in [0.5, 0.6) is 0 Å². The first-order valence-electron chi connectivity index (χ1n) is 5.78. The van der Waals surface area contributed by atoms with Gasteiger partial charge in [-0.2, -0.15) is 0 Å². The number of aromatic nitrogens is 1. The quantitative estimate of drug-likeness (QED) is 0.843. The molecule has 94 valence electrons. The van der Waals surface area contributed by atoms with Crippen LogP contribution in [0.25, 0.3) is 0 Å². The highest BCUT2D eigenvalue weighted by Crippen LogP contribution is 2.20. The van der Waals surface area contributed by atoms with E-state index >= 15 is 0 Å². The number of nitrogens with two attached hydrogens (primary N) is 1. The molecule has 3 N–H and O–H groups in total. The number of nitrogens with one attached hydrogen (secondary N) is 1. The van der Waals surface area contributed by atoms with Gasteiger partial charge in [0, 0.05) is 18.7 Å². The van der Waals surface area contributed by atoms with Gasteiger partial charge in [0.05, 0.1) is 0 Å². The van der Waals surface area contributed by atoms with Crippen molar-refractivity contribution in [3.05, 3.63) is 23.9 Å². The molecule has 4 nitrogen and oxygen atoms in total. The molecular weight excluding hydrogens is 214 g/mol. The second-order valence-corrected chi connectivity index (χ2v) is 5.39. The molecular formula is C13H21N3O. The molecule has 0 spiro atoms. The predicted octanol–water partition coefficient (Wildman–Crippen LogP) is 2.09. The summed E-state index contributed by atoms with van der Waals surface area (Å²) in [5.74, 6) is 0.521. The van der Waals surface area contributed by atoms with Crippen molar-refractivity contribution in [2.24, 2.45) is 11.1 Å². The van der Waals surface area contributed by atoms with E-state index in [1.54, 1.807) is 6.20 Å². The molecule has 0 saturated heterocycles. The third-order valence-electron chi connectivity index (χ3n) is 2.78. The predicted molar refractivity (Wildman–Crippen MR) is 69.7 cm³/mol. The van der Waals surface area contributed by atoms with Gasteiger partial charge >= 0.3 is 0 Å². The summed E-state index contributed by atoms with van der Waals surface area (Å²) < 4.78 is 0. The maximum Gasteiger partial charge on any atom is 0.227 e. The lowest BCUT2D eigenvalue weighted by molar-refractivity contribution is -0.117. The number of carbonyl (C=O) groups excluding carboxylic acids is 1. The normalized spacial score (nSPS) is 13.2. The van der Waals surface area contributed by atoms with Crippen LogP contribution in [0.2, 0.25) is 0 Å². The lowest BCUT2D eigenvalue weighted by atomic mass is 9.85. The third-order valence-corrected chi connectivity index (χ3v) is 2.78. The van der Waals surface area contributed by atoms with Gasteiger partial charge in [0.25, 0.3) is 0 Å². The van der Waals surface area contributed by atoms with Gasteiger partial charge in [0.2, 0.25) is 5.91 Å². The number of rotatable bonds is 3. The first-order valence-corrected chi connectivity index (χ1v) is 5.78. The highest BCUT2D eigenvalue weighted by Gasteiger charge is 2.23. The van der Waals surface area contributed by atoms with Crippen molar-refractivity contribution >= 4 is 11.7 Å². The number of nitrogens with zero attached hydrogens (tertiary/aromatic N) is 1. The molecule has 0 saturated carbocycles. The maximum absolute atomic E-state index is 11.8. The zero-order valence-electron chi connectivity index (χ0n) is 10.9. The fourth-order valence-electron chi connectivity index (χ4n) is 1.31. The minimum Gasteiger partial charge on any atom is -0.327 e. The number of carbonyl (C=O) groups is 1. The Balaban J connectivity index is 2.60. The molecule has 1 aromatic rings. The van der Waals surface area contributed by atoms with Gasteiger partial charge in [-0.3, -0.25) is 4.79 Å². The van der Waals surface area contributed by atoms with Gasteiger partial charge in [-0.1, -0.05) is 26.8 Å². The largest absolute Gasteiger partial charge is 0.327 e. The van der Waals surface area contributed by atoms with E-state index in [1.165, 1.54) is 0 Å². The number of pyridine rings is 1. The van der Waals surface area contributed by atoms with E-state index in [0.717, 1.165) is 5.56 Å². The van der Waals surface area contributed by atoms with Crippen molar-refractivity contribution in [3.8, 4) is 0 Å². The molecule has 0 aliphatic rings. The Kier molecular flexibility index (Phi) is 4.23. The van der Waals surface area contributed by atoms with Crippen LogP contribution in [0, 0.1) is 12.3 Å². The molecule has 0 fully saturated rings. The summed E-state index contributed by atoms with van der Waals surface area (Å²) in [6, 6.07) is 3.59. The molecule has 1 amide bonds. The third kappa shape index (κ3) is 4.15. The molecule has 1 aromatic heterocycles. The average Bonchev–Trinajstić information content (AvgIpc) is 2.20. The second kappa shape index (κ2) is 5.27. The van der Waals surface area contributed by atoms with Crippen LogP contribution < -0.4 is 11.1 Å². The number of hydrogen-bond donors (Lipinski definition) is 2. The van der Waals surface area contributed by atoms with Gasteiger partial charge in [0.1, 0.15) is 5.82 Å². The molecule has 1 rings (SSSR count). The summed E-state index contributed by atoms with van der Waals surface area (Å²) >= 11 is 0. The first-order chi connectivity index (χ1) is 7.80. The van der Waals surface area contributed by atoms with E-state index in [2.05, 4.69) is 10.3 Å². The highest BCUT2D eigenvalue weighted by atomic mass is 16.1. The Morgan fingerprint density at radius 1 is 1.53 bits per heavy atom. The Hall–Kier alpha value is -1.42. The second-order valence-electron chi connectivity index (χ2n) is 5.39. The van der Waals surface area contributed by atoms with Crippen LogP contribution >= 0.6 is 0 Å². The molecule has 0 aliphatic heterocycles. The SMILES string of the molecule is Cc1cccnc1NC(=O)CC(N)C(C)(C)C. The highest BCUT2D eigenvalue weighted by molar-refractivity contribution is 5.90. The van der Waals surface area contributed by atoms with Gasteiger partial charge < -0.3 is 11.1 Å². The summed E-state index contributed by atoms with van der Waals surface area (Å²) in [7, 11) is 0. The number of aryl methyl sites for hydroxylation is 1. The molecule has 17 heavy (non-hydrogen) atoms. The van der Waals surface area contributed by atoms with E-state index in [-0.39, 0.29) is 17.4 Å². The minimum atomic E-state index is -0.161. The Labute approximate surface area is 103 Å². The maximum atomic E-state index is 11.8. The monoisotopic (exact) mass is 235 g/mol. The van der Waals surface area contributed by atoms with E-state index in [9.17, 15) is 4.79 Å². The Morgan fingerprint density at radius 2 is 2.18 bits per heavy atom. The van der Waals surface area contributed by atoms with Crippen molar-refractivity contribution in [3.63, 3.8) is 0 Å². The van der Waals surface area contributed by atoms with Gasteiger partial charge in [-0.25, -0.2) is 4.98 Å². The van der Waals surface area contributed by atoms with Crippen molar-refractivity contribution < 1.29 is 4.79 Å². The van der Waals surface area contributed by atoms with Crippen molar-refractivity contribution in [2.75, 3.05) is 5.32 Å². The van der Waals surface area contributed by atoms with Crippen molar-refractivity contribution in [2.45, 2.75) is 40.2 Å². The van der Waals surface area contributed by atoms with Crippen molar-refractivity contribution in [1.82, 2.24) is 4.98 Å². The molecule has 0 aromatic carbocycles. The molecule has 0 bridgehead atoms. The lowest BCUT2D eigenvalue weighted by Gasteiger charge is -2.26. The molecule has 1 unspecified atom stereocenters. The molecule has 4 heteroatoms. The smallest absolute Gasteiger partial charge is 0.227 e. The van der Waals surface area contributed by atoms with E-state index in [0.29, 0.717) is 12.2 Å². The zero-order valence-corrected chi connectivity index (χ0v) is 10.9. The fraction of sp³-hybridized carbons (Fsp3) is 0.538. The Bertz CT molecular complexity index is 396. The van der Waals surface area contributed by atoms with Gasteiger partial charge in [0.15, 0.2) is 0 Å². The first kappa shape index (κ1) is 13.6. The fourth-order valence-corrected chi connectivity index (χ4v) is 1.31. The van der Waals surface area contributed by atoms with Crippen molar-refractivity contribution in [1.29, 1.82) is 0 Å². The molecule has 0 aliphatic carbocycles. The van der Waals surface area contributed by atoms with E-state index in [1.807, 2.05) is 39.8 Å². The number of anilines is 1. The Morgan fingerprint density at radius 3 is 2.71 bits per heavy atom. The summed E-state index contributed by atoms with van der Waals surface area (Å²) in [5.41, 5.74) is 6.84. The topological polar surface area (TPSA) is 68.0 Å². The molecule has 1 atom stereocenters. The lowest BCUT2D eigenvalue weighted by Crippen LogP contribution is -2.38. The van der Waals surface area contributed by atoms with E-state index in [4.69, 9.17) is 5.73 Å². The summed E-state index contributed by atoms with van der Waals surface area (Å²) in [5, 5.41) is 2.78.